The van der Waals surface area contributed by atoms with Crippen molar-refractivity contribution in [1.82, 2.24) is 9.88 Å². The van der Waals surface area contributed by atoms with E-state index in [2.05, 4.69) is 4.98 Å². The number of likely N-dealkylation sites (N-methyl/N-ethyl adjacent to an activating group) is 1. The second-order valence-electron chi connectivity index (χ2n) is 9.58. The largest absolute Gasteiger partial charge is 0.488 e. The lowest BCUT2D eigenvalue weighted by molar-refractivity contribution is 0.261. The number of pyridine rings is 1. The summed E-state index contributed by atoms with van der Waals surface area (Å²) in [6.07, 6.45) is 3.32. The number of ether oxygens (including phenoxy) is 2. The molecule has 0 radical (unpaired) electrons. The molecule has 1 N–H and O–H groups in total. The molecule has 3 aromatic carbocycles. The van der Waals surface area contributed by atoms with Crippen LogP contribution in [0.4, 0.5) is 0 Å². The van der Waals surface area contributed by atoms with Crippen LogP contribution in [0.15, 0.2) is 82.1 Å². The Kier molecular flexibility index (Phi) is 8.12. The van der Waals surface area contributed by atoms with Gasteiger partial charge in [-0.05, 0) is 68.4 Å². The van der Waals surface area contributed by atoms with Gasteiger partial charge in [-0.15, -0.1) is 0 Å². The molecule has 5 aromatic rings. The van der Waals surface area contributed by atoms with E-state index < -0.39 is 0 Å². The van der Waals surface area contributed by atoms with E-state index in [0.717, 1.165) is 24.1 Å². The van der Waals surface area contributed by atoms with E-state index in [1.54, 1.807) is 36.5 Å². The van der Waals surface area contributed by atoms with E-state index in [9.17, 15) is 9.90 Å². The van der Waals surface area contributed by atoms with Crippen LogP contribution < -0.4 is 14.9 Å². The monoisotopic (exact) mass is 544 g/mol. The molecule has 0 aliphatic carbocycles. The number of aliphatic hydroxyl groups excluding tert-OH is 1. The average Bonchev–Trinajstić information content (AvgIpc) is 2.93. The first kappa shape index (κ1) is 26.7. The van der Waals surface area contributed by atoms with Crippen molar-refractivity contribution < 1.29 is 19.0 Å². The Morgan fingerprint density at radius 1 is 0.923 bits per heavy atom. The molecule has 0 saturated carbocycles. The third-order valence-electron chi connectivity index (χ3n) is 6.38. The summed E-state index contributed by atoms with van der Waals surface area (Å²) in [5, 5.41) is 10.4. The van der Waals surface area contributed by atoms with E-state index >= 15 is 0 Å². The number of rotatable bonds is 10. The molecule has 2 heterocycles. The number of benzene rings is 3. The Bertz CT molecular complexity index is 1650. The maximum Gasteiger partial charge on any atom is 0.200 e. The van der Waals surface area contributed by atoms with Crippen LogP contribution in [0.1, 0.15) is 16.8 Å². The SMILES string of the molecule is CN(C)CCOc1cc(Cl)cc2c(=O)c3ccc(Oc4ccc(CCc5ccc(CO)cc5)nc4)cc3oc12. The molecule has 7 nitrogen and oxygen atoms in total. The molecule has 8 heteroatoms. The number of hydrogen-bond acceptors (Lipinski definition) is 7. The zero-order valence-corrected chi connectivity index (χ0v) is 22.6. The highest BCUT2D eigenvalue weighted by atomic mass is 35.5. The Morgan fingerprint density at radius 2 is 1.69 bits per heavy atom. The summed E-state index contributed by atoms with van der Waals surface area (Å²) in [6.45, 7) is 1.17. The standard InChI is InChI=1S/C31H29ClN2O5/c1-34(2)13-14-37-29-16-22(32)15-27-30(36)26-12-11-24(17-28(26)39-31(27)29)38-25-10-9-23(33-18-25)8-7-20-3-5-21(19-35)6-4-20/h3-6,9-12,15-18,35H,7-8,13-14,19H2,1-2H3. The molecule has 0 spiro atoms. The second-order valence-corrected chi connectivity index (χ2v) is 10.0. The zero-order chi connectivity index (χ0) is 27.4. The first-order valence-electron chi connectivity index (χ1n) is 12.7. The first-order valence-corrected chi connectivity index (χ1v) is 13.1. The van der Waals surface area contributed by atoms with Crippen LogP contribution in [0.3, 0.4) is 0 Å². The number of aromatic nitrogens is 1. The van der Waals surface area contributed by atoms with Crippen molar-refractivity contribution in [3.8, 4) is 17.2 Å². The van der Waals surface area contributed by atoms with Crippen LogP contribution in [-0.4, -0.2) is 42.2 Å². The Morgan fingerprint density at radius 3 is 2.41 bits per heavy atom. The lowest BCUT2D eigenvalue weighted by atomic mass is 10.1. The van der Waals surface area contributed by atoms with Gasteiger partial charge in [0.25, 0.3) is 0 Å². The highest BCUT2D eigenvalue weighted by Crippen LogP contribution is 2.32. The molecule has 200 valence electrons. The molecule has 0 aliphatic rings. The van der Waals surface area contributed by atoms with E-state index in [-0.39, 0.29) is 12.0 Å². The van der Waals surface area contributed by atoms with Gasteiger partial charge in [-0.2, -0.15) is 0 Å². The van der Waals surface area contributed by atoms with Crippen LogP contribution in [0.5, 0.6) is 17.2 Å². The van der Waals surface area contributed by atoms with Gasteiger partial charge in [0, 0.05) is 29.4 Å². The number of aryl methyl sites for hydroxylation is 2. The molecule has 2 aromatic heterocycles. The van der Waals surface area contributed by atoms with Gasteiger partial charge >= 0.3 is 0 Å². The smallest absolute Gasteiger partial charge is 0.200 e. The molecule has 0 bridgehead atoms. The van der Waals surface area contributed by atoms with E-state index in [1.165, 1.54) is 5.56 Å². The number of fused-ring (bicyclic) bond motifs is 2. The van der Waals surface area contributed by atoms with Crippen LogP contribution in [0.25, 0.3) is 21.9 Å². The quantitative estimate of drug-likeness (QED) is 0.216. The van der Waals surface area contributed by atoms with E-state index in [4.69, 9.17) is 25.5 Å². The molecule has 0 amide bonds. The molecule has 0 atom stereocenters. The Labute approximate surface area is 231 Å². The fraction of sp³-hybridized carbons (Fsp3) is 0.226. The maximum atomic E-state index is 13.2. The predicted octanol–water partition coefficient (Wildman–Crippen LogP) is 6.00. The average molecular weight is 545 g/mol. The van der Waals surface area contributed by atoms with Crippen molar-refractivity contribution in [2.75, 3.05) is 27.2 Å². The van der Waals surface area contributed by atoms with Gasteiger partial charge in [0.05, 0.1) is 23.6 Å². The molecule has 0 fully saturated rings. The van der Waals surface area contributed by atoms with Gasteiger partial charge in [0.15, 0.2) is 11.3 Å². The molecular formula is C31H29ClN2O5. The van der Waals surface area contributed by atoms with Gasteiger partial charge in [-0.1, -0.05) is 35.9 Å². The van der Waals surface area contributed by atoms with Crippen molar-refractivity contribution in [3.05, 3.63) is 105 Å². The van der Waals surface area contributed by atoms with Crippen LogP contribution in [0, 0.1) is 0 Å². The lowest BCUT2D eigenvalue weighted by Crippen LogP contribution is -2.19. The summed E-state index contributed by atoms with van der Waals surface area (Å²) in [6, 6.07) is 20.1. The molecular weight excluding hydrogens is 516 g/mol. The summed E-state index contributed by atoms with van der Waals surface area (Å²) in [5.41, 5.74) is 3.59. The van der Waals surface area contributed by atoms with E-state index in [0.29, 0.717) is 57.4 Å². The van der Waals surface area contributed by atoms with Gasteiger partial charge in [-0.3, -0.25) is 9.78 Å². The van der Waals surface area contributed by atoms with Crippen molar-refractivity contribution in [3.63, 3.8) is 0 Å². The topological polar surface area (TPSA) is 85.0 Å². The summed E-state index contributed by atoms with van der Waals surface area (Å²) in [7, 11) is 3.91. The maximum absolute atomic E-state index is 13.2. The van der Waals surface area contributed by atoms with Crippen molar-refractivity contribution in [2.24, 2.45) is 0 Å². The fourth-order valence-corrected chi connectivity index (χ4v) is 4.43. The molecule has 0 saturated heterocycles. The number of aliphatic hydroxyl groups is 1. The highest BCUT2D eigenvalue weighted by Gasteiger charge is 2.15. The summed E-state index contributed by atoms with van der Waals surface area (Å²) in [4.78, 5) is 19.8. The number of hydrogen-bond donors (Lipinski definition) is 1. The minimum atomic E-state index is -0.185. The summed E-state index contributed by atoms with van der Waals surface area (Å²) < 4.78 is 18.1. The minimum absolute atomic E-state index is 0.0463. The van der Waals surface area contributed by atoms with Crippen molar-refractivity contribution in [2.45, 2.75) is 19.4 Å². The minimum Gasteiger partial charge on any atom is -0.488 e. The normalized spacial score (nSPS) is 11.4. The van der Waals surface area contributed by atoms with Crippen molar-refractivity contribution >= 4 is 33.5 Å². The number of halogens is 1. The lowest BCUT2D eigenvalue weighted by Gasteiger charge is -2.13. The van der Waals surface area contributed by atoms with Crippen molar-refractivity contribution in [1.29, 1.82) is 0 Å². The van der Waals surface area contributed by atoms with Gasteiger partial charge < -0.3 is 23.9 Å². The first-order chi connectivity index (χ1) is 18.9. The Hall–Kier alpha value is -3.91. The van der Waals surface area contributed by atoms with Crippen LogP contribution >= 0.6 is 11.6 Å². The fourth-order valence-electron chi connectivity index (χ4n) is 4.22. The third kappa shape index (κ3) is 6.40. The van der Waals surface area contributed by atoms with Gasteiger partial charge in [0.2, 0.25) is 5.43 Å². The summed E-state index contributed by atoms with van der Waals surface area (Å²) in [5.74, 6) is 1.52. The molecule has 39 heavy (non-hydrogen) atoms. The predicted molar refractivity (Wildman–Crippen MR) is 153 cm³/mol. The highest BCUT2D eigenvalue weighted by molar-refractivity contribution is 6.31. The van der Waals surface area contributed by atoms with E-state index in [1.807, 2.05) is 55.4 Å². The summed E-state index contributed by atoms with van der Waals surface area (Å²) >= 11 is 6.27. The molecule has 5 rings (SSSR count). The van der Waals surface area contributed by atoms with Crippen LogP contribution in [-0.2, 0) is 19.4 Å². The molecule has 0 aliphatic heterocycles. The Balaban J connectivity index is 1.34. The number of nitrogens with zero attached hydrogens (tertiary/aromatic N) is 2. The van der Waals surface area contributed by atoms with Gasteiger partial charge in [-0.25, -0.2) is 0 Å². The third-order valence-corrected chi connectivity index (χ3v) is 6.60. The zero-order valence-electron chi connectivity index (χ0n) is 21.8. The van der Waals surface area contributed by atoms with Gasteiger partial charge in [0.1, 0.15) is 23.7 Å². The second kappa shape index (κ2) is 11.9. The van der Waals surface area contributed by atoms with Crippen LogP contribution in [0.2, 0.25) is 5.02 Å². The molecule has 0 unspecified atom stereocenters.